The van der Waals surface area contributed by atoms with Gasteiger partial charge in [0.05, 0.1) is 0 Å². The number of benzene rings is 2. The van der Waals surface area contributed by atoms with Crippen LogP contribution in [0.3, 0.4) is 0 Å². The van der Waals surface area contributed by atoms with Crippen molar-refractivity contribution in [2.75, 3.05) is 0 Å². The van der Waals surface area contributed by atoms with Crippen LogP contribution in [0, 0.1) is 6.92 Å². The molecule has 0 saturated carbocycles. The van der Waals surface area contributed by atoms with Crippen molar-refractivity contribution in [1.29, 1.82) is 0 Å². The summed E-state index contributed by atoms with van der Waals surface area (Å²) >= 11 is 0. The highest BCUT2D eigenvalue weighted by Gasteiger charge is 2.05. The van der Waals surface area contributed by atoms with E-state index < -0.39 is 0 Å². The van der Waals surface area contributed by atoms with Gasteiger partial charge in [-0.05, 0) is 46.9 Å². The molecular formula is C15H16. The first-order valence-corrected chi connectivity index (χ1v) is 5.41. The third kappa shape index (κ3) is 1.56. The molecule has 0 nitrogen and oxygen atoms in total. The molecule has 2 aromatic rings. The molecule has 0 aliphatic heterocycles. The first-order chi connectivity index (χ1) is 7.27. The lowest BCUT2D eigenvalue weighted by Crippen LogP contribution is -1.92. The summed E-state index contributed by atoms with van der Waals surface area (Å²) in [5.41, 5.74) is 4.09. The molecule has 0 aromatic heterocycles. The van der Waals surface area contributed by atoms with E-state index in [4.69, 9.17) is 0 Å². The van der Waals surface area contributed by atoms with Crippen LogP contribution < -0.4 is 0 Å². The van der Waals surface area contributed by atoms with Gasteiger partial charge in [-0.15, -0.1) is 0 Å². The van der Waals surface area contributed by atoms with E-state index >= 15 is 0 Å². The highest BCUT2D eigenvalue weighted by Crippen LogP contribution is 2.26. The van der Waals surface area contributed by atoms with E-state index in [0.29, 0.717) is 0 Å². The highest BCUT2D eigenvalue weighted by molar-refractivity contribution is 5.89. The summed E-state index contributed by atoms with van der Waals surface area (Å²) in [4.78, 5) is 0. The Hall–Kier alpha value is -1.56. The SMILES string of the molecule is C=Cc1cc2ccccc2c(C)c1CC. The maximum absolute atomic E-state index is 3.89. The molecule has 0 radical (unpaired) electrons. The zero-order chi connectivity index (χ0) is 10.8. The van der Waals surface area contributed by atoms with Gasteiger partial charge in [0.1, 0.15) is 0 Å². The summed E-state index contributed by atoms with van der Waals surface area (Å²) in [6.07, 6.45) is 3.02. The Kier molecular flexibility index (Phi) is 2.59. The van der Waals surface area contributed by atoms with Crippen LogP contribution in [0.25, 0.3) is 16.8 Å². The van der Waals surface area contributed by atoms with Crippen molar-refractivity contribution in [2.45, 2.75) is 20.3 Å². The van der Waals surface area contributed by atoms with E-state index in [1.54, 1.807) is 0 Å². The van der Waals surface area contributed by atoms with Crippen LogP contribution in [0.15, 0.2) is 36.9 Å². The van der Waals surface area contributed by atoms with Crippen LogP contribution >= 0.6 is 0 Å². The van der Waals surface area contributed by atoms with Crippen LogP contribution in [-0.4, -0.2) is 0 Å². The van der Waals surface area contributed by atoms with Gasteiger partial charge < -0.3 is 0 Å². The Morgan fingerprint density at radius 1 is 1.27 bits per heavy atom. The maximum atomic E-state index is 3.89. The third-order valence-corrected chi connectivity index (χ3v) is 3.05. The molecule has 0 amide bonds. The monoisotopic (exact) mass is 196 g/mol. The Morgan fingerprint density at radius 2 is 2.00 bits per heavy atom. The van der Waals surface area contributed by atoms with Crippen molar-refractivity contribution in [3.05, 3.63) is 53.6 Å². The Bertz CT molecular complexity index is 507. The van der Waals surface area contributed by atoms with E-state index in [0.717, 1.165) is 6.42 Å². The number of rotatable bonds is 2. The first-order valence-electron chi connectivity index (χ1n) is 5.41. The molecule has 0 heterocycles. The molecule has 0 N–H and O–H groups in total. The summed E-state index contributed by atoms with van der Waals surface area (Å²) < 4.78 is 0. The van der Waals surface area contributed by atoms with Crippen LogP contribution in [0.2, 0.25) is 0 Å². The van der Waals surface area contributed by atoms with Gasteiger partial charge in [-0.2, -0.15) is 0 Å². The molecule has 0 atom stereocenters. The first kappa shape index (κ1) is 9.97. The average Bonchev–Trinajstić information content (AvgIpc) is 2.29. The number of fused-ring (bicyclic) bond motifs is 1. The fourth-order valence-corrected chi connectivity index (χ4v) is 2.25. The lowest BCUT2D eigenvalue weighted by atomic mass is 9.93. The average molecular weight is 196 g/mol. The lowest BCUT2D eigenvalue weighted by Gasteiger charge is -2.11. The molecular weight excluding hydrogens is 180 g/mol. The van der Waals surface area contributed by atoms with E-state index in [2.05, 4.69) is 50.8 Å². The predicted octanol–water partition coefficient (Wildman–Crippen LogP) is 4.35. The van der Waals surface area contributed by atoms with Gasteiger partial charge in [-0.25, -0.2) is 0 Å². The van der Waals surface area contributed by atoms with Crippen molar-refractivity contribution < 1.29 is 0 Å². The molecule has 2 aromatic carbocycles. The zero-order valence-electron chi connectivity index (χ0n) is 9.38. The smallest absolute Gasteiger partial charge is 0.0152 e. The van der Waals surface area contributed by atoms with Gasteiger partial charge in [0, 0.05) is 0 Å². The number of hydrogen-bond donors (Lipinski definition) is 0. The third-order valence-electron chi connectivity index (χ3n) is 3.05. The van der Waals surface area contributed by atoms with E-state index in [9.17, 15) is 0 Å². The minimum atomic E-state index is 1.07. The molecule has 0 bridgehead atoms. The van der Waals surface area contributed by atoms with Crippen LogP contribution in [0.5, 0.6) is 0 Å². The zero-order valence-corrected chi connectivity index (χ0v) is 9.38. The molecule has 15 heavy (non-hydrogen) atoms. The van der Waals surface area contributed by atoms with Crippen LogP contribution in [0.4, 0.5) is 0 Å². The second kappa shape index (κ2) is 3.90. The van der Waals surface area contributed by atoms with Crippen LogP contribution in [0.1, 0.15) is 23.6 Å². The molecule has 0 heteroatoms. The minimum absolute atomic E-state index is 1.07. The molecule has 2 rings (SSSR count). The molecule has 0 aliphatic rings. The summed E-state index contributed by atoms with van der Waals surface area (Å²) in [5.74, 6) is 0. The number of hydrogen-bond acceptors (Lipinski definition) is 0. The van der Waals surface area contributed by atoms with Gasteiger partial charge in [0.2, 0.25) is 0 Å². The summed E-state index contributed by atoms with van der Waals surface area (Å²) in [6, 6.07) is 10.8. The fourth-order valence-electron chi connectivity index (χ4n) is 2.25. The predicted molar refractivity (Wildman–Crippen MR) is 68.2 cm³/mol. The summed E-state index contributed by atoms with van der Waals surface area (Å²) in [5, 5.41) is 2.67. The number of aryl methyl sites for hydroxylation is 1. The molecule has 76 valence electrons. The lowest BCUT2D eigenvalue weighted by molar-refractivity contribution is 1.11. The van der Waals surface area contributed by atoms with E-state index in [1.807, 2.05) is 6.08 Å². The normalized spacial score (nSPS) is 10.5. The van der Waals surface area contributed by atoms with Crippen molar-refractivity contribution >= 4 is 16.8 Å². The molecule has 0 fully saturated rings. The maximum Gasteiger partial charge on any atom is -0.0152 e. The Morgan fingerprint density at radius 3 is 2.67 bits per heavy atom. The largest absolute Gasteiger partial charge is 0.0985 e. The Balaban J connectivity index is 2.87. The molecule has 0 unspecified atom stereocenters. The topological polar surface area (TPSA) is 0 Å². The van der Waals surface area contributed by atoms with Gasteiger partial charge >= 0.3 is 0 Å². The highest BCUT2D eigenvalue weighted by atomic mass is 14.1. The van der Waals surface area contributed by atoms with Gasteiger partial charge in [-0.3, -0.25) is 0 Å². The fraction of sp³-hybridized carbons (Fsp3) is 0.200. The van der Waals surface area contributed by atoms with Gasteiger partial charge in [0.25, 0.3) is 0 Å². The van der Waals surface area contributed by atoms with Crippen molar-refractivity contribution in [1.82, 2.24) is 0 Å². The minimum Gasteiger partial charge on any atom is -0.0985 e. The van der Waals surface area contributed by atoms with Gasteiger partial charge in [-0.1, -0.05) is 43.8 Å². The standard InChI is InChI=1S/C15H16/c1-4-12-10-13-8-6-7-9-15(13)11(3)14(12)5-2/h4,6-10H,1,5H2,2-3H3. The Labute approximate surface area is 91.2 Å². The molecule has 0 saturated heterocycles. The molecule has 0 spiro atoms. The van der Waals surface area contributed by atoms with Gasteiger partial charge in [0.15, 0.2) is 0 Å². The van der Waals surface area contributed by atoms with Crippen molar-refractivity contribution in [2.24, 2.45) is 0 Å². The second-order valence-corrected chi connectivity index (χ2v) is 3.85. The van der Waals surface area contributed by atoms with Crippen LogP contribution in [-0.2, 0) is 6.42 Å². The van der Waals surface area contributed by atoms with E-state index in [-0.39, 0.29) is 0 Å². The summed E-state index contributed by atoms with van der Waals surface area (Å²) in [6.45, 7) is 8.29. The summed E-state index contributed by atoms with van der Waals surface area (Å²) in [7, 11) is 0. The molecule has 0 aliphatic carbocycles. The van der Waals surface area contributed by atoms with E-state index in [1.165, 1.54) is 27.5 Å². The quantitative estimate of drug-likeness (QED) is 0.669. The van der Waals surface area contributed by atoms with Crippen molar-refractivity contribution in [3.8, 4) is 0 Å². The van der Waals surface area contributed by atoms with Crippen molar-refractivity contribution in [3.63, 3.8) is 0 Å². The second-order valence-electron chi connectivity index (χ2n) is 3.85.